The molecule has 10 aromatic carbocycles. The molecule has 3 nitrogen and oxygen atoms in total. The van der Waals surface area contributed by atoms with Crippen LogP contribution in [0.15, 0.2) is 282 Å². The van der Waals surface area contributed by atoms with E-state index in [2.05, 4.69) is 248 Å². The van der Waals surface area contributed by atoms with E-state index in [1.807, 2.05) is 66.9 Å². The summed E-state index contributed by atoms with van der Waals surface area (Å²) >= 11 is 0. The number of aliphatic imine (C=N–C) groups is 2. The van der Waals surface area contributed by atoms with Crippen LogP contribution in [0.25, 0.3) is 61.2 Å². The summed E-state index contributed by atoms with van der Waals surface area (Å²) in [6.07, 6.45) is 6.52. The van der Waals surface area contributed by atoms with Crippen LogP contribution in [0.5, 0.6) is 0 Å². The van der Waals surface area contributed by atoms with Gasteiger partial charge in [-0.3, -0.25) is 5.41 Å². The predicted octanol–water partition coefficient (Wildman–Crippen LogP) is 19.6. The van der Waals surface area contributed by atoms with Gasteiger partial charge in [0.2, 0.25) is 0 Å². The van der Waals surface area contributed by atoms with E-state index in [1.54, 1.807) is 0 Å². The van der Waals surface area contributed by atoms with Gasteiger partial charge in [0, 0.05) is 23.3 Å². The van der Waals surface area contributed by atoms with Crippen LogP contribution in [0.3, 0.4) is 0 Å². The Morgan fingerprint density at radius 3 is 1.25 bits per heavy atom. The van der Waals surface area contributed by atoms with E-state index in [0.717, 1.165) is 55.7 Å². The smallest absolute Gasteiger partial charge is 0.161 e. The second kappa shape index (κ2) is 21.1. The Kier molecular flexibility index (Phi) is 13.6. The second-order valence-electron chi connectivity index (χ2n) is 23.4. The van der Waals surface area contributed by atoms with E-state index >= 15 is 0 Å². The molecule has 0 saturated heterocycles. The fourth-order valence-corrected chi connectivity index (χ4v) is 11.9. The van der Waals surface area contributed by atoms with Crippen molar-refractivity contribution in [1.29, 1.82) is 5.41 Å². The lowest BCUT2D eigenvalue weighted by Crippen LogP contribution is -2.33. The van der Waals surface area contributed by atoms with Gasteiger partial charge in [-0.1, -0.05) is 302 Å². The van der Waals surface area contributed by atoms with Gasteiger partial charge in [0.1, 0.15) is 0 Å². The fraction of sp³-hybridized carbons (Fsp3) is 0.130. The lowest BCUT2D eigenvalue weighted by atomic mass is 9.60. The SMILES string of the molecule is CC(C)(C)c1cc(-c2ccccc2)c2c(c1)-c1cc(C(C)(C)C)cc(-c3ccccc3)c1C2C1(c2ccc(-c3ccccc3)cc2)C=C(C(=N)N=C(N=Cc2ccccc2)c2ccccc2)C=C1c1ccc(-c2ccccc2)cc1. The highest BCUT2D eigenvalue weighted by atomic mass is 15.0. The summed E-state index contributed by atoms with van der Waals surface area (Å²) in [5, 5.41) is 10.4. The quantitative estimate of drug-likeness (QED) is 0.105. The molecule has 0 fully saturated rings. The lowest BCUT2D eigenvalue weighted by Gasteiger charge is -2.41. The zero-order valence-electron chi connectivity index (χ0n) is 46.5. The minimum Gasteiger partial charge on any atom is -0.282 e. The molecule has 1 unspecified atom stereocenters. The third-order valence-electron chi connectivity index (χ3n) is 16.1. The number of benzene rings is 10. The van der Waals surface area contributed by atoms with E-state index in [4.69, 9.17) is 9.98 Å². The van der Waals surface area contributed by atoms with Crippen molar-refractivity contribution in [1.82, 2.24) is 0 Å². The lowest BCUT2D eigenvalue weighted by molar-refractivity contribution is 0.587. The molecule has 12 rings (SSSR count). The second-order valence-corrected chi connectivity index (χ2v) is 23.4. The topological polar surface area (TPSA) is 48.6 Å². The molecule has 0 saturated carbocycles. The van der Waals surface area contributed by atoms with Crippen LogP contribution in [-0.2, 0) is 16.2 Å². The summed E-state index contributed by atoms with van der Waals surface area (Å²) in [6.45, 7) is 14.0. The Hall–Kier alpha value is -9.31. The molecule has 0 aliphatic heterocycles. The van der Waals surface area contributed by atoms with Crippen LogP contribution < -0.4 is 0 Å². The summed E-state index contributed by atoms with van der Waals surface area (Å²) in [5.74, 6) is 0.278. The molecule has 388 valence electrons. The summed E-state index contributed by atoms with van der Waals surface area (Å²) < 4.78 is 0. The predicted molar refractivity (Wildman–Crippen MR) is 338 cm³/mol. The number of allylic oxidation sites excluding steroid dienone is 2. The third kappa shape index (κ3) is 9.86. The average Bonchev–Trinajstić information content (AvgIpc) is 4.25. The highest BCUT2D eigenvalue weighted by Crippen LogP contribution is 2.65. The van der Waals surface area contributed by atoms with Crippen LogP contribution in [0.1, 0.15) is 92.0 Å². The molecule has 2 aliphatic carbocycles. The summed E-state index contributed by atoms with van der Waals surface area (Å²) in [6, 6.07) is 91.8. The van der Waals surface area contributed by atoms with E-state index in [1.165, 1.54) is 55.6 Å². The van der Waals surface area contributed by atoms with Crippen LogP contribution >= 0.6 is 0 Å². The Morgan fingerprint density at radius 2 is 0.800 bits per heavy atom. The highest BCUT2D eigenvalue weighted by molar-refractivity contribution is 6.16. The number of fused-ring (bicyclic) bond motifs is 3. The molecule has 2 aliphatic rings. The summed E-state index contributed by atoms with van der Waals surface area (Å²) in [4.78, 5) is 10.3. The Morgan fingerprint density at radius 1 is 0.425 bits per heavy atom. The number of hydrogen-bond donors (Lipinski definition) is 1. The molecule has 1 atom stereocenters. The van der Waals surface area contributed by atoms with E-state index < -0.39 is 5.41 Å². The molecule has 0 radical (unpaired) electrons. The number of amidine groups is 2. The van der Waals surface area contributed by atoms with Crippen molar-refractivity contribution >= 4 is 23.5 Å². The average molecular weight is 1030 g/mol. The maximum atomic E-state index is 10.4. The molecule has 0 aromatic heterocycles. The molecule has 0 bridgehead atoms. The van der Waals surface area contributed by atoms with Crippen molar-refractivity contribution in [2.75, 3.05) is 0 Å². The van der Waals surface area contributed by atoms with Crippen LogP contribution in [0, 0.1) is 5.41 Å². The highest BCUT2D eigenvalue weighted by Gasteiger charge is 2.53. The monoisotopic (exact) mass is 1030 g/mol. The van der Waals surface area contributed by atoms with Crippen molar-refractivity contribution in [2.45, 2.75) is 63.7 Å². The van der Waals surface area contributed by atoms with Crippen molar-refractivity contribution in [3.05, 3.63) is 317 Å². The first kappa shape index (κ1) is 51.4. The number of hydrogen-bond acceptors (Lipinski definition) is 1. The molecule has 0 amide bonds. The fourth-order valence-electron chi connectivity index (χ4n) is 11.9. The Labute approximate surface area is 472 Å². The molecule has 1 N–H and O–H groups in total. The first-order chi connectivity index (χ1) is 38.8. The number of rotatable bonds is 10. The van der Waals surface area contributed by atoms with Crippen molar-refractivity contribution in [2.24, 2.45) is 9.98 Å². The van der Waals surface area contributed by atoms with Crippen LogP contribution in [-0.4, -0.2) is 17.9 Å². The molecule has 10 aromatic rings. The zero-order chi connectivity index (χ0) is 55.0. The maximum absolute atomic E-state index is 10.4. The molecule has 3 heteroatoms. The summed E-state index contributed by atoms with van der Waals surface area (Å²) in [5.41, 5.74) is 21.5. The van der Waals surface area contributed by atoms with Gasteiger partial charge in [-0.05, 0) is 117 Å². The van der Waals surface area contributed by atoms with Gasteiger partial charge in [0.25, 0.3) is 0 Å². The minimum atomic E-state index is -0.930. The van der Waals surface area contributed by atoms with E-state index in [0.29, 0.717) is 5.84 Å². The van der Waals surface area contributed by atoms with Crippen molar-refractivity contribution < 1.29 is 0 Å². The van der Waals surface area contributed by atoms with Gasteiger partial charge >= 0.3 is 0 Å². The van der Waals surface area contributed by atoms with Crippen molar-refractivity contribution in [3.8, 4) is 55.6 Å². The van der Waals surface area contributed by atoms with E-state index in [9.17, 15) is 5.41 Å². The van der Waals surface area contributed by atoms with Crippen molar-refractivity contribution in [3.63, 3.8) is 0 Å². The van der Waals surface area contributed by atoms with Gasteiger partial charge in [-0.25, -0.2) is 9.98 Å². The van der Waals surface area contributed by atoms with Crippen LogP contribution in [0.2, 0.25) is 0 Å². The van der Waals surface area contributed by atoms with Gasteiger partial charge in [0.05, 0.1) is 5.41 Å². The molecular formula is C77H65N3. The van der Waals surface area contributed by atoms with Gasteiger partial charge < -0.3 is 0 Å². The summed E-state index contributed by atoms with van der Waals surface area (Å²) in [7, 11) is 0. The first-order valence-electron chi connectivity index (χ1n) is 27.9. The zero-order valence-corrected chi connectivity index (χ0v) is 46.5. The normalized spacial score (nSPS) is 15.3. The van der Waals surface area contributed by atoms with Crippen LogP contribution in [0.4, 0.5) is 0 Å². The van der Waals surface area contributed by atoms with Gasteiger partial charge in [-0.15, -0.1) is 0 Å². The number of nitrogens with zero attached hydrogens (tertiary/aromatic N) is 2. The molecule has 0 heterocycles. The third-order valence-corrected chi connectivity index (χ3v) is 16.1. The molecule has 80 heavy (non-hydrogen) atoms. The van der Waals surface area contributed by atoms with Gasteiger partial charge in [0.15, 0.2) is 11.7 Å². The minimum absolute atomic E-state index is 0.131. The largest absolute Gasteiger partial charge is 0.282 e. The molecular weight excluding hydrogens is 967 g/mol. The van der Waals surface area contributed by atoms with E-state index in [-0.39, 0.29) is 22.6 Å². The first-order valence-corrected chi connectivity index (χ1v) is 27.9. The Bertz CT molecular complexity index is 3900. The maximum Gasteiger partial charge on any atom is 0.161 e. The van der Waals surface area contributed by atoms with Gasteiger partial charge in [-0.2, -0.15) is 0 Å². The molecule has 0 spiro atoms. The standard InChI is InChI=1S/C77H65N3/c1-75(2,3)63-46-65(57-31-19-10-20-32-57)70-67(48-63)68-49-64(76(4,5)6)47-66(58-33-21-11-22-34-58)71(68)72(70)77(62-43-41-56(42-44-62)54-29-17-9-18-30-54)50-61(45-69(77)59-39-37-55(38-40-59)53-27-15-8-16-28-53)73(78)80-74(60-35-23-12-24-36-60)79-51-52-25-13-7-14-26-52/h7-51,72,78H,1-6H3. The number of nitrogens with one attached hydrogen (secondary N) is 1. The Balaban J connectivity index is 1.22.